The van der Waals surface area contributed by atoms with E-state index in [1.165, 1.54) is 6.42 Å². The number of nitrogens with zero attached hydrogens (tertiary/aromatic N) is 1. The Kier molecular flexibility index (Phi) is 3.10. The van der Waals surface area contributed by atoms with Crippen molar-refractivity contribution in [2.24, 2.45) is 0 Å². The Morgan fingerprint density at radius 3 is 2.29 bits per heavy atom. The van der Waals surface area contributed by atoms with Gasteiger partial charge in [0.05, 0.1) is 18.3 Å². The molecule has 82 valence electrons. The lowest BCUT2D eigenvalue weighted by Crippen LogP contribution is -2.52. The molecule has 1 aliphatic carbocycles. The van der Waals surface area contributed by atoms with Crippen molar-refractivity contribution in [2.75, 3.05) is 13.1 Å². The summed E-state index contributed by atoms with van der Waals surface area (Å²) in [7, 11) is 0. The Morgan fingerprint density at radius 2 is 1.79 bits per heavy atom. The van der Waals surface area contributed by atoms with Crippen LogP contribution in [-0.2, 0) is 4.74 Å². The molecule has 3 nitrogen and oxygen atoms in total. The molecule has 0 radical (unpaired) electrons. The van der Waals surface area contributed by atoms with Gasteiger partial charge in [0.15, 0.2) is 0 Å². The molecular weight excluding hydrogens is 178 g/mol. The molecular formula is C11H21NO2. The van der Waals surface area contributed by atoms with Crippen molar-refractivity contribution in [3.8, 4) is 0 Å². The van der Waals surface area contributed by atoms with Crippen LogP contribution in [0.4, 0.5) is 0 Å². The molecule has 2 unspecified atom stereocenters. The van der Waals surface area contributed by atoms with E-state index < -0.39 is 0 Å². The van der Waals surface area contributed by atoms with Gasteiger partial charge in [0, 0.05) is 19.1 Å². The maximum atomic E-state index is 9.83. The lowest BCUT2D eigenvalue weighted by Gasteiger charge is -2.39. The lowest BCUT2D eigenvalue weighted by atomic mass is 10.1. The molecule has 1 heterocycles. The highest BCUT2D eigenvalue weighted by Gasteiger charge is 2.34. The highest BCUT2D eigenvalue weighted by molar-refractivity contribution is 4.88. The molecule has 0 spiro atoms. The molecule has 0 aromatic heterocycles. The Labute approximate surface area is 86.0 Å². The number of aliphatic hydroxyl groups excluding tert-OH is 1. The summed E-state index contributed by atoms with van der Waals surface area (Å²) in [6.45, 7) is 6.19. The van der Waals surface area contributed by atoms with Gasteiger partial charge in [-0.05, 0) is 33.1 Å². The zero-order valence-electron chi connectivity index (χ0n) is 9.15. The molecule has 1 aliphatic heterocycles. The largest absolute Gasteiger partial charge is 0.391 e. The normalized spacial score (nSPS) is 45.6. The van der Waals surface area contributed by atoms with Crippen LogP contribution in [0.25, 0.3) is 0 Å². The van der Waals surface area contributed by atoms with E-state index >= 15 is 0 Å². The molecule has 0 bridgehead atoms. The second-order valence-electron chi connectivity index (χ2n) is 4.78. The summed E-state index contributed by atoms with van der Waals surface area (Å²) in [5.74, 6) is 0. The van der Waals surface area contributed by atoms with Crippen LogP contribution in [0.2, 0.25) is 0 Å². The summed E-state index contributed by atoms with van der Waals surface area (Å²) in [4.78, 5) is 2.41. The average molecular weight is 199 g/mol. The van der Waals surface area contributed by atoms with E-state index in [-0.39, 0.29) is 6.10 Å². The van der Waals surface area contributed by atoms with Crippen molar-refractivity contribution < 1.29 is 9.84 Å². The molecule has 1 N–H and O–H groups in total. The minimum absolute atomic E-state index is 0.104. The number of morpholine rings is 1. The first-order valence-corrected chi connectivity index (χ1v) is 5.74. The highest BCUT2D eigenvalue weighted by atomic mass is 16.5. The van der Waals surface area contributed by atoms with Gasteiger partial charge < -0.3 is 9.84 Å². The molecule has 1 saturated heterocycles. The molecule has 2 aliphatic rings. The minimum Gasteiger partial charge on any atom is -0.391 e. The monoisotopic (exact) mass is 199 g/mol. The third-order valence-corrected chi connectivity index (χ3v) is 3.36. The maximum Gasteiger partial charge on any atom is 0.0695 e. The summed E-state index contributed by atoms with van der Waals surface area (Å²) in [6.07, 6.45) is 3.82. The number of rotatable bonds is 1. The van der Waals surface area contributed by atoms with E-state index in [9.17, 15) is 5.11 Å². The second-order valence-corrected chi connectivity index (χ2v) is 4.78. The van der Waals surface area contributed by atoms with Gasteiger partial charge in [0.2, 0.25) is 0 Å². The van der Waals surface area contributed by atoms with E-state index in [4.69, 9.17) is 4.74 Å². The Hall–Kier alpha value is -0.120. The Morgan fingerprint density at radius 1 is 1.14 bits per heavy atom. The molecule has 1 saturated carbocycles. The molecule has 0 aromatic carbocycles. The summed E-state index contributed by atoms with van der Waals surface area (Å²) in [5.41, 5.74) is 0. The molecule has 0 aromatic rings. The van der Waals surface area contributed by atoms with Crippen molar-refractivity contribution in [3.63, 3.8) is 0 Å². The average Bonchev–Trinajstić information content (AvgIpc) is 2.49. The van der Waals surface area contributed by atoms with Crippen molar-refractivity contribution in [3.05, 3.63) is 0 Å². The summed E-state index contributed by atoms with van der Waals surface area (Å²) >= 11 is 0. The zero-order valence-corrected chi connectivity index (χ0v) is 9.15. The van der Waals surface area contributed by atoms with Crippen LogP contribution in [0.15, 0.2) is 0 Å². The fourth-order valence-electron chi connectivity index (χ4n) is 2.84. The molecule has 2 rings (SSSR count). The van der Waals surface area contributed by atoms with Crippen molar-refractivity contribution in [2.45, 2.75) is 57.5 Å². The van der Waals surface area contributed by atoms with Gasteiger partial charge in [-0.3, -0.25) is 4.90 Å². The number of aliphatic hydroxyl groups is 1. The summed E-state index contributed by atoms with van der Waals surface area (Å²) < 4.78 is 5.69. The van der Waals surface area contributed by atoms with Gasteiger partial charge >= 0.3 is 0 Å². The topological polar surface area (TPSA) is 32.7 Å². The van der Waals surface area contributed by atoms with Gasteiger partial charge in [-0.25, -0.2) is 0 Å². The third kappa shape index (κ3) is 2.10. The standard InChI is InChI=1S/C11H21NO2/c1-8-6-12(7-9(2)14-8)10-4-3-5-11(10)13/h8-11,13H,3-7H2,1-2H3/t8?,9?,10-,11-/m0/s1. The van der Waals surface area contributed by atoms with Gasteiger partial charge in [-0.2, -0.15) is 0 Å². The first-order chi connectivity index (χ1) is 6.66. The fourth-order valence-corrected chi connectivity index (χ4v) is 2.84. The predicted octanol–water partition coefficient (Wildman–Crippen LogP) is 1.01. The smallest absolute Gasteiger partial charge is 0.0695 e. The van der Waals surface area contributed by atoms with Crippen molar-refractivity contribution >= 4 is 0 Å². The predicted molar refractivity (Wildman–Crippen MR) is 55.2 cm³/mol. The van der Waals surface area contributed by atoms with Crippen molar-refractivity contribution in [1.29, 1.82) is 0 Å². The third-order valence-electron chi connectivity index (χ3n) is 3.36. The van der Waals surface area contributed by atoms with Crippen LogP contribution in [0.5, 0.6) is 0 Å². The Bertz CT molecular complexity index is 188. The molecule has 4 atom stereocenters. The second kappa shape index (κ2) is 4.17. The molecule has 14 heavy (non-hydrogen) atoms. The van der Waals surface area contributed by atoms with Crippen LogP contribution in [0.1, 0.15) is 33.1 Å². The number of ether oxygens (including phenoxy) is 1. The van der Waals surface area contributed by atoms with E-state index in [1.807, 2.05) is 0 Å². The fraction of sp³-hybridized carbons (Fsp3) is 1.00. The van der Waals surface area contributed by atoms with E-state index in [0.29, 0.717) is 18.2 Å². The van der Waals surface area contributed by atoms with Gasteiger partial charge in [-0.15, -0.1) is 0 Å². The van der Waals surface area contributed by atoms with E-state index in [2.05, 4.69) is 18.7 Å². The zero-order chi connectivity index (χ0) is 10.1. The lowest BCUT2D eigenvalue weighted by molar-refractivity contribution is -0.0911. The number of hydrogen-bond acceptors (Lipinski definition) is 3. The highest BCUT2D eigenvalue weighted by Crippen LogP contribution is 2.26. The van der Waals surface area contributed by atoms with E-state index in [0.717, 1.165) is 25.9 Å². The Balaban J connectivity index is 1.95. The van der Waals surface area contributed by atoms with Crippen LogP contribution in [0.3, 0.4) is 0 Å². The maximum absolute atomic E-state index is 9.83. The van der Waals surface area contributed by atoms with Crippen molar-refractivity contribution in [1.82, 2.24) is 4.90 Å². The molecule has 2 fully saturated rings. The molecule has 3 heteroatoms. The van der Waals surface area contributed by atoms with Gasteiger partial charge in [0.25, 0.3) is 0 Å². The number of hydrogen-bond donors (Lipinski definition) is 1. The first kappa shape index (κ1) is 10.4. The van der Waals surface area contributed by atoms with E-state index in [1.54, 1.807) is 0 Å². The van der Waals surface area contributed by atoms with Crippen LogP contribution in [0, 0.1) is 0 Å². The van der Waals surface area contributed by atoms with Crippen LogP contribution < -0.4 is 0 Å². The van der Waals surface area contributed by atoms with Gasteiger partial charge in [0.1, 0.15) is 0 Å². The first-order valence-electron chi connectivity index (χ1n) is 5.74. The van der Waals surface area contributed by atoms with Gasteiger partial charge in [-0.1, -0.05) is 0 Å². The minimum atomic E-state index is -0.104. The molecule has 0 amide bonds. The SMILES string of the molecule is CC1CN([C@H]2CCC[C@@H]2O)CC(C)O1. The quantitative estimate of drug-likeness (QED) is 0.684. The van der Waals surface area contributed by atoms with Crippen LogP contribution >= 0.6 is 0 Å². The van der Waals surface area contributed by atoms with Crippen LogP contribution in [-0.4, -0.2) is 47.4 Å². The summed E-state index contributed by atoms with van der Waals surface area (Å²) in [5, 5.41) is 9.83. The summed E-state index contributed by atoms with van der Waals surface area (Å²) in [6, 6.07) is 0.392.